The van der Waals surface area contributed by atoms with Crippen molar-refractivity contribution in [3.63, 3.8) is 0 Å². The molecule has 0 unspecified atom stereocenters. The van der Waals surface area contributed by atoms with E-state index >= 15 is 0 Å². The zero-order valence-electron chi connectivity index (χ0n) is 21.7. The second-order valence-corrected chi connectivity index (χ2v) is 10.1. The van der Waals surface area contributed by atoms with Gasteiger partial charge in [0.2, 0.25) is 5.91 Å². The van der Waals surface area contributed by atoms with Crippen molar-refractivity contribution in [1.29, 1.82) is 0 Å². The van der Waals surface area contributed by atoms with Crippen molar-refractivity contribution in [2.45, 2.75) is 70.9 Å². The molecule has 9 heteroatoms. The van der Waals surface area contributed by atoms with Crippen LogP contribution in [0.3, 0.4) is 0 Å². The fourth-order valence-corrected chi connectivity index (χ4v) is 5.01. The Morgan fingerprint density at radius 3 is 2.46 bits per heavy atom. The Morgan fingerprint density at radius 2 is 1.78 bits per heavy atom. The number of H-pyrrole nitrogens is 1. The SMILES string of the molecule is CCC(=O)N[C@H]1CC[C@@H](NC(=O)c2c(C)[nH]c3c(-c4cc(OC)ccc4OCC4CC4)ncnc23)CC1. The van der Waals surface area contributed by atoms with Crippen LogP contribution >= 0.6 is 0 Å². The average molecular weight is 506 g/mol. The van der Waals surface area contributed by atoms with Gasteiger partial charge in [-0.2, -0.15) is 0 Å². The molecular weight excluding hydrogens is 470 g/mol. The number of amides is 2. The fraction of sp³-hybridized carbons (Fsp3) is 0.500. The van der Waals surface area contributed by atoms with Crippen LogP contribution < -0.4 is 20.1 Å². The Balaban J connectivity index is 1.38. The fourth-order valence-electron chi connectivity index (χ4n) is 5.01. The molecule has 5 rings (SSSR count). The number of ether oxygens (including phenoxy) is 2. The normalized spacial score (nSPS) is 19.4. The maximum Gasteiger partial charge on any atom is 0.255 e. The first-order chi connectivity index (χ1) is 18.0. The van der Waals surface area contributed by atoms with E-state index in [1.807, 2.05) is 32.0 Å². The zero-order valence-corrected chi connectivity index (χ0v) is 21.7. The minimum absolute atomic E-state index is 0.0637. The lowest BCUT2D eigenvalue weighted by Crippen LogP contribution is -2.43. The van der Waals surface area contributed by atoms with Crippen LogP contribution in [0.5, 0.6) is 11.5 Å². The molecule has 196 valence electrons. The minimum atomic E-state index is -0.148. The molecule has 3 N–H and O–H groups in total. The van der Waals surface area contributed by atoms with E-state index in [9.17, 15) is 9.59 Å². The highest BCUT2D eigenvalue weighted by Gasteiger charge is 2.27. The third kappa shape index (κ3) is 5.55. The summed E-state index contributed by atoms with van der Waals surface area (Å²) in [6.45, 7) is 4.42. The number of methoxy groups -OCH3 is 1. The molecule has 0 atom stereocenters. The number of aromatic amines is 1. The number of carbonyl (C=O) groups excluding carboxylic acids is 2. The van der Waals surface area contributed by atoms with E-state index in [4.69, 9.17) is 9.47 Å². The predicted molar refractivity (Wildman–Crippen MR) is 141 cm³/mol. The number of carbonyl (C=O) groups is 2. The molecule has 2 saturated carbocycles. The topological polar surface area (TPSA) is 118 Å². The van der Waals surface area contributed by atoms with Gasteiger partial charge < -0.3 is 25.1 Å². The first-order valence-electron chi connectivity index (χ1n) is 13.2. The second-order valence-electron chi connectivity index (χ2n) is 10.1. The minimum Gasteiger partial charge on any atom is -0.497 e. The molecule has 0 radical (unpaired) electrons. The highest BCUT2D eigenvalue weighted by atomic mass is 16.5. The van der Waals surface area contributed by atoms with Crippen LogP contribution in [0.15, 0.2) is 24.5 Å². The predicted octanol–water partition coefficient (Wildman–Crippen LogP) is 4.30. The Hall–Kier alpha value is -3.62. The van der Waals surface area contributed by atoms with Crippen molar-refractivity contribution in [2.24, 2.45) is 5.92 Å². The summed E-state index contributed by atoms with van der Waals surface area (Å²) in [5.74, 6) is 1.98. The highest BCUT2D eigenvalue weighted by molar-refractivity contribution is 6.09. The Labute approximate surface area is 216 Å². The van der Waals surface area contributed by atoms with E-state index in [0.29, 0.717) is 47.0 Å². The number of nitrogens with one attached hydrogen (secondary N) is 3. The molecular formula is C28H35N5O4. The number of benzene rings is 1. The summed E-state index contributed by atoms with van der Waals surface area (Å²) < 4.78 is 11.6. The van der Waals surface area contributed by atoms with Gasteiger partial charge in [0.05, 0.1) is 24.8 Å². The number of hydrogen-bond acceptors (Lipinski definition) is 6. The number of nitrogens with zero attached hydrogens (tertiary/aromatic N) is 2. The summed E-state index contributed by atoms with van der Waals surface area (Å²) in [5.41, 5.74) is 4.02. The molecule has 0 spiro atoms. The molecule has 37 heavy (non-hydrogen) atoms. The smallest absolute Gasteiger partial charge is 0.255 e. The molecule has 2 aliphatic rings. The molecule has 0 bridgehead atoms. The van der Waals surface area contributed by atoms with Crippen LogP contribution in [-0.2, 0) is 4.79 Å². The largest absolute Gasteiger partial charge is 0.497 e. The first-order valence-corrected chi connectivity index (χ1v) is 13.2. The van der Waals surface area contributed by atoms with Crippen LogP contribution in [0.4, 0.5) is 0 Å². The summed E-state index contributed by atoms with van der Waals surface area (Å²) >= 11 is 0. The van der Waals surface area contributed by atoms with Gasteiger partial charge in [0.15, 0.2) is 0 Å². The van der Waals surface area contributed by atoms with Crippen molar-refractivity contribution in [2.75, 3.05) is 13.7 Å². The van der Waals surface area contributed by atoms with Gasteiger partial charge in [-0.3, -0.25) is 9.59 Å². The maximum absolute atomic E-state index is 13.4. The van der Waals surface area contributed by atoms with Crippen LogP contribution in [0, 0.1) is 12.8 Å². The summed E-state index contributed by atoms with van der Waals surface area (Å²) in [6.07, 6.45) is 7.75. The second kappa shape index (κ2) is 10.8. The third-order valence-electron chi connectivity index (χ3n) is 7.36. The molecule has 2 amide bonds. The number of rotatable bonds is 9. The van der Waals surface area contributed by atoms with E-state index < -0.39 is 0 Å². The van der Waals surface area contributed by atoms with Crippen molar-refractivity contribution < 1.29 is 19.1 Å². The van der Waals surface area contributed by atoms with Gasteiger partial charge >= 0.3 is 0 Å². The monoisotopic (exact) mass is 505 g/mol. The number of aromatic nitrogens is 3. The molecule has 9 nitrogen and oxygen atoms in total. The molecule has 2 aliphatic carbocycles. The highest BCUT2D eigenvalue weighted by Crippen LogP contribution is 2.38. The molecule has 2 heterocycles. The Morgan fingerprint density at radius 1 is 1.05 bits per heavy atom. The van der Waals surface area contributed by atoms with E-state index in [-0.39, 0.29) is 23.9 Å². The molecule has 1 aromatic carbocycles. The van der Waals surface area contributed by atoms with Gasteiger partial charge in [0.25, 0.3) is 5.91 Å². The van der Waals surface area contributed by atoms with Gasteiger partial charge in [-0.1, -0.05) is 6.92 Å². The zero-order chi connectivity index (χ0) is 25.9. The maximum atomic E-state index is 13.4. The lowest BCUT2D eigenvalue weighted by molar-refractivity contribution is -0.121. The quantitative estimate of drug-likeness (QED) is 0.399. The van der Waals surface area contributed by atoms with E-state index in [1.165, 1.54) is 19.2 Å². The van der Waals surface area contributed by atoms with Crippen LogP contribution in [0.2, 0.25) is 0 Å². The van der Waals surface area contributed by atoms with Crippen molar-refractivity contribution in [3.05, 3.63) is 35.8 Å². The van der Waals surface area contributed by atoms with E-state index in [0.717, 1.165) is 42.7 Å². The summed E-state index contributed by atoms with van der Waals surface area (Å²) in [4.78, 5) is 37.5. The van der Waals surface area contributed by atoms with Gasteiger partial charge in [-0.05, 0) is 69.6 Å². The Kier molecular flexibility index (Phi) is 7.30. The number of hydrogen-bond donors (Lipinski definition) is 3. The summed E-state index contributed by atoms with van der Waals surface area (Å²) in [7, 11) is 1.63. The molecule has 2 aromatic heterocycles. The van der Waals surface area contributed by atoms with Crippen LogP contribution in [0.1, 0.15) is 67.9 Å². The van der Waals surface area contributed by atoms with E-state index in [1.54, 1.807) is 7.11 Å². The average Bonchev–Trinajstić information content (AvgIpc) is 3.67. The molecule has 0 saturated heterocycles. The van der Waals surface area contributed by atoms with Gasteiger partial charge in [0.1, 0.15) is 29.0 Å². The van der Waals surface area contributed by atoms with Crippen LogP contribution in [-0.4, -0.2) is 52.6 Å². The van der Waals surface area contributed by atoms with Crippen molar-refractivity contribution in [3.8, 4) is 22.8 Å². The molecule has 3 aromatic rings. The van der Waals surface area contributed by atoms with Crippen LogP contribution in [0.25, 0.3) is 22.3 Å². The molecule has 0 aliphatic heterocycles. The lowest BCUT2D eigenvalue weighted by Gasteiger charge is -2.29. The summed E-state index contributed by atoms with van der Waals surface area (Å²) in [6, 6.07) is 5.95. The van der Waals surface area contributed by atoms with Gasteiger partial charge in [-0.25, -0.2) is 9.97 Å². The van der Waals surface area contributed by atoms with Gasteiger partial charge in [-0.15, -0.1) is 0 Å². The molecule has 2 fully saturated rings. The van der Waals surface area contributed by atoms with Crippen molar-refractivity contribution in [1.82, 2.24) is 25.6 Å². The standard InChI is InChI=1S/C28H35N5O4/c1-4-23(34)32-18-7-9-19(10-8-18)33-28(35)24-16(2)31-27-25(29-15-30-26(24)27)21-13-20(36-3)11-12-22(21)37-14-17-5-6-17/h11-13,15,17-19,31H,4-10,14H2,1-3H3,(H,32,34)(H,33,35)/t18-,19+. The lowest BCUT2D eigenvalue weighted by atomic mass is 9.91. The van der Waals surface area contributed by atoms with Gasteiger partial charge in [0, 0.05) is 29.8 Å². The number of fused-ring (bicyclic) bond motifs is 1. The summed E-state index contributed by atoms with van der Waals surface area (Å²) in [5, 5.41) is 6.26. The van der Waals surface area contributed by atoms with Crippen molar-refractivity contribution >= 4 is 22.8 Å². The van der Waals surface area contributed by atoms with E-state index in [2.05, 4.69) is 25.6 Å². The Bertz CT molecular complexity index is 1290. The third-order valence-corrected chi connectivity index (χ3v) is 7.36. The number of aryl methyl sites for hydroxylation is 1. The first kappa shape index (κ1) is 25.0.